The number of hydrogen-bond donors (Lipinski definition) is 2. The molecule has 5 nitrogen and oxygen atoms in total. The summed E-state index contributed by atoms with van der Waals surface area (Å²) in [6.45, 7) is 1.66. The highest BCUT2D eigenvalue weighted by Crippen LogP contribution is 2.34. The lowest BCUT2D eigenvalue weighted by Crippen LogP contribution is -2.47. The summed E-state index contributed by atoms with van der Waals surface area (Å²) in [6, 6.07) is 6.63. The van der Waals surface area contributed by atoms with E-state index in [1.54, 1.807) is 7.11 Å². The highest BCUT2D eigenvalue weighted by molar-refractivity contribution is 5.85. The van der Waals surface area contributed by atoms with E-state index in [4.69, 9.17) is 4.74 Å². The number of benzene rings is 1. The molecular weight excluding hydrogens is 314 g/mol. The molecule has 0 bridgehead atoms. The Morgan fingerprint density at radius 1 is 1.24 bits per heavy atom. The van der Waals surface area contributed by atoms with Crippen LogP contribution in [0.1, 0.15) is 50.0 Å². The number of aromatic nitrogens is 1. The first-order valence-electron chi connectivity index (χ1n) is 9.45. The molecule has 1 aliphatic heterocycles. The van der Waals surface area contributed by atoms with Gasteiger partial charge in [0.2, 0.25) is 0 Å². The number of carbonyl (C=O) groups excluding carboxylic acids is 1. The van der Waals surface area contributed by atoms with Crippen LogP contribution in [0, 0.1) is 0 Å². The number of fused-ring (bicyclic) bond motifs is 1. The Morgan fingerprint density at radius 3 is 2.88 bits per heavy atom. The number of amides is 2. The molecule has 1 atom stereocenters. The Balaban J connectivity index is 1.50. The monoisotopic (exact) mass is 341 g/mol. The van der Waals surface area contributed by atoms with Crippen LogP contribution in [-0.2, 0) is 0 Å². The molecule has 0 spiro atoms. The van der Waals surface area contributed by atoms with Gasteiger partial charge in [-0.05, 0) is 49.4 Å². The molecule has 2 aromatic rings. The Bertz CT molecular complexity index is 748. The minimum absolute atomic E-state index is 0.119. The largest absolute Gasteiger partial charge is 0.497 e. The van der Waals surface area contributed by atoms with E-state index in [2.05, 4.69) is 28.6 Å². The fraction of sp³-hybridized carbons (Fsp3) is 0.550. The van der Waals surface area contributed by atoms with Gasteiger partial charge in [-0.2, -0.15) is 0 Å². The number of nitrogens with zero attached hydrogens (tertiary/aromatic N) is 1. The average Bonchev–Trinajstić information content (AvgIpc) is 3.30. The highest BCUT2D eigenvalue weighted by Gasteiger charge is 2.28. The molecule has 2 aliphatic rings. The van der Waals surface area contributed by atoms with E-state index in [0.29, 0.717) is 12.0 Å². The van der Waals surface area contributed by atoms with Crippen LogP contribution in [0.3, 0.4) is 0 Å². The number of carbonyl (C=O) groups is 1. The van der Waals surface area contributed by atoms with Gasteiger partial charge in [0.25, 0.3) is 0 Å². The van der Waals surface area contributed by atoms with Gasteiger partial charge < -0.3 is 19.9 Å². The third-order valence-corrected chi connectivity index (χ3v) is 5.75. The van der Waals surface area contributed by atoms with E-state index < -0.39 is 0 Å². The van der Waals surface area contributed by atoms with E-state index >= 15 is 0 Å². The second kappa shape index (κ2) is 6.98. The molecule has 1 aliphatic carbocycles. The van der Waals surface area contributed by atoms with Crippen molar-refractivity contribution in [1.29, 1.82) is 0 Å². The van der Waals surface area contributed by atoms with Gasteiger partial charge in [0, 0.05) is 42.1 Å². The van der Waals surface area contributed by atoms with Gasteiger partial charge in [0.05, 0.1) is 7.11 Å². The van der Waals surface area contributed by atoms with Crippen molar-refractivity contribution in [2.24, 2.45) is 0 Å². The summed E-state index contributed by atoms with van der Waals surface area (Å²) in [7, 11) is 1.70. The number of methoxy groups -OCH3 is 1. The van der Waals surface area contributed by atoms with Gasteiger partial charge >= 0.3 is 6.03 Å². The summed E-state index contributed by atoms with van der Waals surface area (Å²) in [6.07, 6.45) is 9.02. The second-order valence-corrected chi connectivity index (χ2v) is 7.37. The van der Waals surface area contributed by atoms with Crippen molar-refractivity contribution in [3.63, 3.8) is 0 Å². The summed E-state index contributed by atoms with van der Waals surface area (Å²) in [5.74, 6) is 1.25. The number of piperidine rings is 1. The molecule has 1 aromatic carbocycles. The standard InChI is InChI=1S/C20H27N3O2/c1-25-16-8-9-19-17(11-16)18(12-21-19)14-5-4-10-23(13-14)20(24)22-15-6-2-3-7-15/h8-9,11-12,14-15,21H,2-7,10,13H2,1H3,(H,22,24)/t14-/m1/s1. The van der Waals surface area contributed by atoms with Crippen molar-refractivity contribution < 1.29 is 9.53 Å². The highest BCUT2D eigenvalue weighted by atomic mass is 16.5. The van der Waals surface area contributed by atoms with Gasteiger partial charge in [-0.3, -0.25) is 0 Å². The van der Waals surface area contributed by atoms with Gasteiger partial charge in [-0.15, -0.1) is 0 Å². The maximum absolute atomic E-state index is 12.6. The number of urea groups is 1. The molecule has 2 heterocycles. The van der Waals surface area contributed by atoms with Crippen molar-refractivity contribution >= 4 is 16.9 Å². The van der Waals surface area contributed by atoms with Gasteiger partial charge in [-0.25, -0.2) is 4.79 Å². The summed E-state index contributed by atoms with van der Waals surface area (Å²) in [4.78, 5) is 18.0. The van der Waals surface area contributed by atoms with Crippen molar-refractivity contribution in [2.75, 3.05) is 20.2 Å². The van der Waals surface area contributed by atoms with E-state index in [1.165, 1.54) is 23.8 Å². The number of likely N-dealkylation sites (tertiary alicyclic amines) is 1. The fourth-order valence-electron chi connectivity index (χ4n) is 4.34. The number of rotatable bonds is 3. The fourth-order valence-corrected chi connectivity index (χ4v) is 4.34. The lowest BCUT2D eigenvalue weighted by molar-refractivity contribution is 0.176. The minimum atomic E-state index is 0.119. The van der Waals surface area contributed by atoms with Crippen molar-refractivity contribution in [2.45, 2.75) is 50.5 Å². The molecule has 2 amide bonds. The normalized spacial score (nSPS) is 21.6. The molecule has 5 heteroatoms. The third kappa shape index (κ3) is 3.32. The van der Waals surface area contributed by atoms with Crippen LogP contribution in [0.5, 0.6) is 5.75 Å². The average molecular weight is 341 g/mol. The summed E-state index contributed by atoms with van der Waals surface area (Å²) < 4.78 is 5.38. The minimum Gasteiger partial charge on any atom is -0.497 e. The number of aromatic amines is 1. The zero-order valence-electron chi connectivity index (χ0n) is 14.9. The molecule has 1 saturated carbocycles. The van der Waals surface area contributed by atoms with Gasteiger partial charge in [-0.1, -0.05) is 12.8 Å². The van der Waals surface area contributed by atoms with Crippen molar-refractivity contribution in [3.8, 4) is 5.75 Å². The SMILES string of the molecule is COc1ccc2[nH]cc([C@@H]3CCCN(C(=O)NC4CCCC4)C3)c2c1. The summed E-state index contributed by atoms with van der Waals surface area (Å²) in [5.41, 5.74) is 2.43. The topological polar surface area (TPSA) is 57.4 Å². The Hall–Kier alpha value is -2.17. The Labute approximate surface area is 148 Å². The van der Waals surface area contributed by atoms with E-state index in [-0.39, 0.29) is 6.03 Å². The molecule has 0 unspecified atom stereocenters. The lowest BCUT2D eigenvalue weighted by Gasteiger charge is -2.33. The van der Waals surface area contributed by atoms with Gasteiger partial charge in [0.1, 0.15) is 5.75 Å². The van der Waals surface area contributed by atoms with Crippen molar-refractivity contribution in [3.05, 3.63) is 30.0 Å². The molecule has 4 rings (SSSR count). The third-order valence-electron chi connectivity index (χ3n) is 5.75. The first-order chi connectivity index (χ1) is 12.2. The summed E-state index contributed by atoms with van der Waals surface area (Å²) in [5, 5.41) is 4.44. The zero-order valence-corrected chi connectivity index (χ0v) is 14.9. The first-order valence-corrected chi connectivity index (χ1v) is 9.45. The molecule has 1 aromatic heterocycles. The van der Waals surface area contributed by atoms with Crippen LogP contribution in [0.15, 0.2) is 24.4 Å². The van der Waals surface area contributed by atoms with Crippen LogP contribution in [0.25, 0.3) is 10.9 Å². The quantitative estimate of drug-likeness (QED) is 0.886. The number of hydrogen-bond acceptors (Lipinski definition) is 2. The Morgan fingerprint density at radius 2 is 2.08 bits per heavy atom. The van der Waals surface area contributed by atoms with Crippen LogP contribution < -0.4 is 10.1 Å². The first kappa shape index (κ1) is 16.3. The molecule has 0 radical (unpaired) electrons. The second-order valence-electron chi connectivity index (χ2n) is 7.37. The van der Waals surface area contributed by atoms with Crippen LogP contribution in [0.2, 0.25) is 0 Å². The smallest absolute Gasteiger partial charge is 0.317 e. The molecule has 2 N–H and O–H groups in total. The maximum atomic E-state index is 12.6. The van der Waals surface area contributed by atoms with Crippen molar-refractivity contribution in [1.82, 2.24) is 15.2 Å². The van der Waals surface area contributed by atoms with Gasteiger partial charge in [0.15, 0.2) is 0 Å². The number of H-pyrrole nitrogens is 1. The van der Waals surface area contributed by atoms with Crippen LogP contribution >= 0.6 is 0 Å². The number of nitrogens with one attached hydrogen (secondary N) is 2. The number of ether oxygens (including phenoxy) is 1. The molecular formula is C20H27N3O2. The predicted molar refractivity (Wildman–Crippen MR) is 99.2 cm³/mol. The lowest BCUT2D eigenvalue weighted by atomic mass is 9.90. The molecule has 25 heavy (non-hydrogen) atoms. The molecule has 134 valence electrons. The van der Waals surface area contributed by atoms with E-state index in [0.717, 1.165) is 50.0 Å². The van der Waals surface area contributed by atoms with Crippen LogP contribution in [-0.4, -0.2) is 42.2 Å². The van der Waals surface area contributed by atoms with E-state index in [1.807, 2.05) is 11.0 Å². The van der Waals surface area contributed by atoms with E-state index in [9.17, 15) is 4.79 Å². The zero-order chi connectivity index (χ0) is 17.2. The Kier molecular flexibility index (Phi) is 4.55. The maximum Gasteiger partial charge on any atom is 0.317 e. The summed E-state index contributed by atoms with van der Waals surface area (Å²) >= 11 is 0. The predicted octanol–water partition coefficient (Wildman–Crippen LogP) is 4.01. The molecule has 2 fully saturated rings. The molecule has 1 saturated heterocycles. The van der Waals surface area contributed by atoms with Crippen LogP contribution in [0.4, 0.5) is 4.79 Å².